The van der Waals surface area contributed by atoms with E-state index in [0.717, 1.165) is 17.4 Å². The van der Waals surface area contributed by atoms with Crippen LogP contribution in [0.25, 0.3) is 11.3 Å². The summed E-state index contributed by atoms with van der Waals surface area (Å²) in [4.78, 5) is 16.2. The van der Waals surface area contributed by atoms with Gasteiger partial charge in [-0.05, 0) is 31.5 Å². The number of carbonyl (C=O) groups excluding carboxylic acids is 1. The van der Waals surface area contributed by atoms with Crippen LogP contribution in [0.1, 0.15) is 21.7 Å². The lowest BCUT2D eigenvalue weighted by Crippen LogP contribution is -2.11. The summed E-state index contributed by atoms with van der Waals surface area (Å²) in [7, 11) is 0. The lowest BCUT2D eigenvalue weighted by atomic mass is 10.1. The quantitative estimate of drug-likeness (QED) is 0.764. The van der Waals surface area contributed by atoms with Gasteiger partial charge in [-0.2, -0.15) is 0 Å². The molecule has 1 amide bonds. The normalized spacial score (nSPS) is 10.8. The van der Waals surface area contributed by atoms with E-state index in [1.165, 1.54) is 12.3 Å². The fraction of sp³-hybridized carbons (Fsp3) is 0.125. The fourth-order valence-electron chi connectivity index (χ4n) is 2.07. The minimum Gasteiger partial charge on any atom is -0.459 e. The van der Waals surface area contributed by atoms with Gasteiger partial charge in [-0.3, -0.25) is 10.1 Å². The van der Waals surface area contributed by atoms with Crippen molar-refractivity contribution in [2.24, 2.45) is 0 Å². The van der Waals surface area contributed by atoms with Gasteiger partial charge in [0.15, 0.2) is 10.9 Å². The Kier molecular flexibility index (Phi) is 3.96. The number of carbonyl (C=O) groups is 1. The van der Waals surface area contributed by atoms with Gasteiger partial charge in [0.1, 0.15) is 11.6 Å². The van der Waals surface area contributed by atoms with Crippen LogP contribution >= 0.6 is 11.3 Å². The van der Waals surface area contributed by atoms with Crippen LogP contribution in [0.3, 0.4) is 0 Å². The van der Waals surface area contributed by atoms with E-state index in [1.54, 1.807) is 25.3 Å². The molecule has 118 valence electrons. The summed E-state index contributed by atoms with van der Waals surface area (Å²) in [5, 5.41) is 4.50. The van der Waals surface area contributed by atoms with Crippen LogP contribution in [0.5, 0.6) is 0 Å². The SMILES string of the molecule is Cc1cc(-c2csc(NC(=O)c3occc3C)n2)c(F)cc1F. The number of hydrogen-bond acceptors (Lipinski definition) is 4. The molecule has 1 N–H and O–H groups in total. The maximum atomic E-state index is 13.9. The Balaban J connectivity index is 1.85. The van der Waals surface area contributed by atoms with E-state index >= 15 is 0 Å². The van der Waals surface area contributed by atoms with Crippen molar-refractivity contribution in [2.75, 3.05) is 5.32 Å². The lowest BCUT2D eigenvalue weighted by Gasteiger charge is -2.03. The summed E-state index contributed by atoms with van der Waals surface area (Å²) >= 11 is 1.15. The van der Waals surface area contributed by atoms with E-state index < -0.39 is 17.5 Å². The predicted molar refractivity (Wildman–Crippen MR) is 83.6 cm³/mol. The van der Waals surface area contributed by atoms with Gasteiger partial charge in [-0.25, -0.2) is 13.8 Å². The maximum Gasteiger partial charge on any atom is 0.293 e. The molecule has 0 aliphatic rings. The molecular weight excluding hydrogens is 322 g/mol. The number of aromatic nitrogens is 1. The minimum atomic E-state index is -0.696. The number of nitrogens with zero attached hydrogens (tertiary/aromatic N) is 1. The van der Waals surface area contributed by atoms with Crippen LogP contribution in [-0.2, 0) is 0 Å². The molecule has 2 aromatic heterocycles. The third-order valence-electron chi connectivity index (χ3n) is 3.32. The van der Waals surface area contributed by atoms with Crippen LogP contribution < -0.4 is 5.32 Å². The van der Waals surface area contributed by atoms with E-state index in [-0.39, 0.29) is 11.3 Å². The van der Waals surface area contributed by atoms with Crippen molar-refractivity contribution in [3.05, 3.63) is 58.4 Å². The third kappa shape index (κ3) is 3.00. The number of furan rings is 1. The first-order chi connectivity index (χ1) is 11.0. The van der Waals surface area contributed by atoms with Crippen molar-refractivity contribution in [2.45, 2.75) is 13.8 Å². The zero-order valence-corrected chi connectivity index (χ0v) is 13.1. The molecule has 0 saturated carbocycles. The van der Waals surface area contributed by atoms with Crippen molar-refractivity contribution in [3.8, 4) is 11.3 Å². The molecule has 0 fully saturated rings. The van der Waals surface area contributed by atoms with Gasteiger partial charge < -0.3 is 4.42 Å². The van der Waals surface area contributed by atoms with Crippen LogP contribution in [0.2, 0.25) is 0 Å². The molecule has 23 heavy (non-hydrogen) atoms. The highest BCUT2D eigenvalue weighted by Crippen LogP contribution is 2.29. The third-order valence-corrected chi connectivity index (χ3v) is 4.07. The number of anilines is 1. The predicted octanol–water partition coefficient (Wildman–Crippen LogP) is 4.55. The van der Waals surface area contributed by atoms with E-state index in [9.17, 15) is 13.6 Å². The average Bonchev–Trinajstić information content (AvgIpc) is 3.12. The van der Waals surface area contributed by atoms with Crippen LogP contribution in [0.15, 0.2) is 34.3 Å². The fourth-order valence-corrected chi connectivity index (χ4v) is 2.77. The molecule has 2 heterocycles. The van der Waals surface area contributed by atoms with Gasteiger partial charge in [-0.15, -0.1) is 11.3 Å². The largest absolute Gasteiger partial charge is 0.459 e. The zero-order chi connectivity index (χ0) is 16.6. The summed E-state index contributed by atoms with van der Waals surface area (Å²) < 4.78 is 32.3. The Morgan fingerprint density at radius 1 is 1.22 bits per heavy atom. The average molecular weight is 334 g/mol. The Labute approximate surface area is 134 Å². The van der Waals surface area contributed by atoms with Gasteiger partial charge in [-0.1, -0.05) is 0 Å². The summed E-state index contributed by atoms with van der Waals surface area (Å²) in [6.45, 7) is 3.30. The number of aryl methyl sites for hydroxylation is 2. The second-order valence-electron chi connectivity index (χ2n) is 5.01. The molecule has 0 saturated heterocycles. The minimum absolute atomic E-state index is 0.190. The summed E-state index contributed by atoms with van der Waals surface area (Å²) in [5.41, 5.74) is 1.56. The number of rotatable bonds is 3. The zero-order valence-electron chi connectivity index (χ0n) is 12.3. The van der Waals surface area contributed by atoms with E-state index in [2.05, 4.69) is 10.3 Å². The highest BCUT2D eigenvalue weighted by Gasteiger charge is 2.16. The van der Waals surface area contributed by atoms with Crippen molar-refractivity contribution in [1.29, 1.82) is 0 Å². The number of thiazole rings is 1. The molecule has 0 aliphatic carbocycles. The summed E-state index contributed by atoms with van der Waals surface area (Å²) in [6, 6.07) is 3.90. The Bertz CT molecular complexity index is 886. The van der Waals surface area contributed by atoms with Crippen LogP contribution in [0.4, 0.5) is 13.9 Å². The molecule has 0 bridgehead atoms. The number of halogens is 2. The van der Waals surface area contributed by atoms with Gasteiger partial charge in [0, 0.05) is 22.6 Å². The van der Waals surface area contributed by atoms with Crippen molar-refractivity contribution in [1.82, 2.24) is 4.98 Å². The second-order valence-corrected chi connectivity index (χ2v) is 5.86. The Morgan fingerprint density at radius 2 is 2.00 bits per heavy atom. The first-order valence-corrected chi connectivity index (χ1v) is 7.60. The van der Waals surface area contributed by atoms with Gasteiger partial charge in [0.05, 0.1) is 12.0 Å². The lowest BCUT2D eigenvalue weighted by molar-refractivity contribution is 0.0996. The summed E-state index contributed by atoms with van der Waals surface area (Å²) in [6.07, 6.45) is 1.42. The highest BCUT2D eigenvalue weighted by atomic mass is 32.1. The molecular formula is C16H12F2N2O2S. The summed E-state index contributed by atoms with van der Waals surface area (Å²) in [5.74, 6) is -1.53. The van der Waals surface area contributed by atoms with Gasteiger partial charge in [0.25, 0.3) is 5.91 Å². The Hall–Kier alpha value is -2.54. The standard InChI is InChI=1S/C16H12F2N2O2S/c1-8-3-4-22-14(8)15(21)20-16-19-13(7-23-16)10-5-9(2)11(17)6-12(10)18/h3-7H,1-2H3,(H,19,20,21). The molecule has 3 aromatic rings. The van der Waals surface area contributed by atoms with Gasteiger partial charge in [0.2, 0.25) is 0 Å². The topological polar surface area (TPSA) is 55.1 Å². The maximum absolute atomic E-state index is 13.9. The van der Waals surface area contributed by atoms with E-state index in [4.69, 9.17) is 4.42 Å². The molecule has 1 aromatic carbocycles. The molecule has 0 atom stereocenters. The number of amides is 1. The monoisotopic (exact) mass is 334 g/mol. The molecule has 3 rings (SSSR count). The van der Waals surface area contributed by atoms with Crippen molar-refractivity contribution < 1.29 is 18.0 Å². The van der Waals surface area contributed by atoms with Crippen molar-refractivity contribution in [3.63, 3.8) is 0 Å². The first kappa shape index (κ1) is 15.4. The second kappa shape index (κ2) is 5.92. The molecule has 4 nitrogen and oxygen atoms in total. The van der Waals surface area contributed by atoms with E-state index in [1.807, 2.05) is 0 Å². The molecule has 0 aliphatic heterocycles. The molecule has 0 spiro atoms. The number of nitrogens with one attached hydrogen (secondary N) is 1. The molecule has 7 heteroatoms. The van der Waals surface area contributed by atoms with Crippen molar-refractivity contribution >= 4 is 22.4 Å². The molecule has 0 radical (unpaired) electrons. The number of hydrogen-bond donors (Lipinski definition) is 1. The number of benzene rings is 1. The first-order valence-electron chi connectivity index (χ1n) is 6.72. The highest BCUT2D eigenvalue weighted by molar-refractivity contribution is 7.14. The van der Waals surface area contributed by atoms with Crippen LogP contribution in [0, 0.1) is 25.5 Å². The van der Waals surface area contributed by atoms with Crippen LogP contribution in [-0.4, -0.2) is 10.9 Å². The van der Waals surface area contributed by atoms with Gasteiger partial charge >= 0.3 is 0 Å². The van der Waals surface area contributed by atoms with E-state index in [0.29, 0.717) is 22.0 Å². The smallest absolute Gasteiger partial charge is 0.293 e. The molecule has 0 unspecified atom stereocenters. The Morgan fingerprint density at radius 3 is 2.70 bits per heavy atom.